The summed E-state index contributed by atoms with van der Waals surface area (Å²) in [6.07, 6.45) is 5.29. The van der Waals surface area contributed by atoms with Crippen LogP contribution in [0.15, 0.2) is 24.3 Å². The molecule has 0 spiro atoms. The number of hydrogen-bond acceptors (Lipinski definition) is 2. The van der Waals surface area contributed by atoms with Gasteiger partial charge in [0, 0.05) is 6.04 Å². The van der Waals surface area contributed by atoms with E-state index in [2.05, 4.69) is 5.92 Å². The van der Waals surface area contributed by atoms with Crippen molar-refractivity contribution >= 4 is 11.7 Å². The molecule has 0 saturated carbocycles. The summed E-state index contributed by atoms with van der Waals surface area (Å²) >= 11 is 0. The molecule has 0 atom stereocenters. The Kier molecular flexibility index (Phi) is 3.96. The fourth-order valence-corrected chi connectivity index (χ4v) is 1.55. The van der Waals surface area contributed by atoms with Crippen molar-refractivity contribution in [3.05, 3.63) is 29.8 Å². The summed E-state index contributed by atoms with van der Waals surface area (Å²) in [5, 5.41) is 9.09. The maximum Gasteiger partial charge on any atom is 0.337 e. The van der Waals surface area contributed by atoms with Gasteiger partial charge in [-0.1, -0.05) is 18.1 Å². The molecule has 0 aromatic heterocycles. The van der Waals surface area contributed by atoms with Gasteiger partial charge in [0.15, 0.2) is 0 Å². The molecule has 1 N–H and O–H groups in total. The van der Waals surface area contributed by atoms with Crippen LogP contribution in [-0.2, 0) is 0 Å². The summed E-state index contributed by atoms with van der Waals surface area (Å²) in [7, 11) is 0. The first-order valence-corrected chi connectivity index (χ1v) is 5.10. The fraction of sp³-hybridized carbons (Fsp3) is 0.308. The highest BCUT2D eigenvalue weighted by Crippen LogP contribution is 2.22. The number of aromatic carboxylic acids is 1. The van der Waals surface area contributed by atoms with Crippen LogP contribution in [0.2, 0.25) is 0 Å². The molecule has 3 nitrogen and oxygen atoms in total. The summed E-state index contributed by atoms with van der Waals surface area (Å²) < 4.78 is 0. The van der Waals surface area contributed by atoms with Crippen molar-refractivity contribution in [2.45, 2.75) is 19.9 Å². The molecule has 0 amide bonds. The molecule has 3 heteroatoms. The first-order chi connectivity index (χ1) is 7.57. The molecule has 84 valence electrons. The lowest BCUT2D eigenvalue weighted by Crippen LogP contribution is -2.32. The predicted octanol–water partition coefficient (Wildman–Crippen LogP) is 2.23. The van der Waals surface area contributed by atoms with Crippen molar-refractivity contribution < 1.29 is 9.90 Å². The first-order valence-electron chi connectivity index (χ1n) is 5.10. The molecule has 1 aromatic rings. The second-order valence-electron chi connectivity index (χ2n) is 3.75. The van der Waals surface area contributed by atoms with E-state index in [-0.39, 0.29) is 11.6 Å². The standard InChI is InChI=1S/C13H15NO2/c1-4-9-14(10(2)3)12-8-6-5-7-11(12)13(15)16/h1,5-8,10H,9H2,2-3H3,(H,15,16). The second kappa shape index (κ2) is 5.22. The normalized spacial score (nSPS) is 9.88. The molecular formula is C13H15NO2. The SMILES string of the molecule is C#CCN(c1ccccc1C(=O)O)C(C)C. The van der Waals surface area contributed by atoms with Crippen molar-refractivity contribution in [3.8, 4) is 12.3 Å². The summed E-state index contributed by atoms with van der Waals surface area (Å²) in [6.45, 7) is 4.37. The highest BCUT2D eigenvalue weighted by Gasteiger charge is 2.16. The maximum atomic E-state index is 11.1. The summed E-state index contributed by atoms with van der Waals surface area (Å²) in [4.78, 5) is 13.0. The van der Waals surface area contributed by atoms with Crippen LogP contribution in [0.4, 0.5) is 5.69 Å². The summed E-state index contributed by atoms with van der Waals surface area (Å²) in [6, 6.07) is 7.05. The number of nitrogens with zero attached hydrogens (tertiary/aromatic N) is 1. The molecule has 0 radical (unpaired) electrons. The molecule has 16 heavy (non-hydrogen) atoms. The van der Waals surface area contributed by atoms with E-state index in [1.165, 1.54) is 0 Å². The van der Waals surface area contributed by atoms with E-state index in [1.807, 2.05) is 24.8 Å². The summed E-state index contributed by atoms with van der Waals surface area (Å²) in [5.74, 6) is 1.61. The van der Waals surface area contributed by atoms with Gasteiger partial charge < -0.3 is 10.0 Å². The lowest BCUT2D eigenvalue weighted by atomic mass is 10.1. The third-order valence-corrected chi connectivity index (χ3v) is 2.33. The minimum absolute atomic E-state index is 0.163. The molecule has 0 aliphatic rings. The van der Waals surface area contributed by atoms with E-state index in [1.54, 1.807) is 18.2 Å². The Bertz CT molecular complexity index is 418. The molecule has 0 aliphatic heterocycles. The predicted molar refractivity (Wildman–Crippen MR) is 64.7 cm³/mol. The maximum absolute atomic E-state index is 11.1. The van der Waals surface area contributed by atoms with Gasteiger partial charge in [-0.05, 0) is 26.0 Å². The second-order valence-corrected chi connectivity index (χ2v) is 3.75. The monoisotopic (exact) mass is 217 g/mol. The van der Waals surface area contributed by atoms with Gasteiger partial charge in [0.05, 0.1) is 17.8 Å². The third kappa shape index (κ3) is 2.54. The van der Waals surface area contributed by atoms with E-state index < -0.39 is 5.97 Å². The number of carbonyl (C=O) groups is 1. The first kappa shape index (κ1) is 12.1. The lowest BCUT2D eigenvalue weighted by Gasteiger charge is -2.28. The average molecular weight is 217 g/mol. The van der Waals surface area contributed by atoms with E-state index >= 15 is 0 Å². The number of hydrogen-bond donors (Lipinski definition) is 1. The van der Waals surface area contributed by atoms with Crippen LogP contribution in [0.3, 0.4) is 0 Å². The van der Waals surface area contributed by atoms with Gasteiger partial charge in [-0.25, -0.2) is 4.79 Å². The van der Waals surface area contributed by atoms with Crippen molar-refractivity contribution in [2.24, 2.45) is 0 Å². The van der Waals surface area contributed by atoms with Crippen LogP contribution in [0, 0.1) is 12.3 Å². The number of anilines is 1. The Morgan fingerprint density at radius 1 is 1.50 bits per heavy atom. The smallest absolute Gasteiger partial charge is 0.337 e. The van der Waals surface area contributed by atoms with Crippen LogP contribution >= 0.6 is 0 Å². The Balaban J connectivity index is 3.19. The van der Waals surface area contributed by atoms with E-state index in [0.29, 0.717) is 12.2 Å². The molecular weight excluding hydrogens is 202 g/mol. The molecule has 0 heterocycles. The number of carboxylic acids is 1. The van der Waals surface area contributed by atoms with Crippen LogP contribution in [0.25, 0.3) is 0 Å². The van der Waals surface area contributed by atoms with E-state index in [0.717, 1.165) is 0 Å². The molecule has 0 saturated heterocycles. The third-order valence-electron chi connectivity index (χ3n) is 2.33. The van der Waals surface area contributed by atoms with E-state index in [9.17, 15) is 4.79 Å². The fourth-order valence-electron chi connectivity index (χ4n) is 1.55. The zero-order valence-corrected chi connectivity index (χ0v) is 9.47. The molecule has 0 fully saturated rings. The molecule has 1 aromatic carbocycles. The quantitative estimate of drug-likeness (QED) is 0.786. The molecule has 0 aliphatic carbocycles. The van der Waals surface area contributed by atoms with Crippen molar-refractivity contribution in [1.29, 1.82) is 0 Å². The Morgan fingerprint density at radius 2 is 2.12 bits per heavy atom. The Hall–Kier alpha value is -1.95. The Labute approximate surface area is 95.7 Å². The number of para-hydroxylation sites is 1. The average Bonchev–Trinajstić information content (AvgIpc) is 2.25. The van der Waals surface area contributed by atoms with E-state index in [4.69, 9.17) is 11.5 Å². The minimum atomic E-state index is -0.932. The van der Waals surface area contributed by atoms with Crippen LogP contribution in [-0.4, -0.2) is 23.7 Å². The topological polar surface area (TPSA) is 40.5 Å². The van der Waals surface area contributed by atoms with Gasteiger partial charge >= 0.3 is 5.97 Å². The van der Waals surface area contributed by atoms with Gasteiger partial charge in [0.2, 0.25) is 0 Å². The van der Waals surface area contributed by atoms with Crippen LogP contribution in [0.5, 0.6) is 0 Å². The Morgan fingerprint density at radius 3 is 2.62 bits per heavy atom. The van der Waals surface area contributed by atoms with Gasteiger partial charge in [-0.2, -0.15) is 0 Å². The zero-order valence-electron chi connectivity index (χ0n) is 9.47. The number of carboxylic acid groups (broad SMARTS) is 1. The molecule has 0 unspecified atom stereocenters. The highest BCUT2D eigenvalue weighted by atomic mass is 16.4. The van der Waals surface area contributed by atoms with Crippen molar-refractivity contribution in [1.82, 2.24) is 0 Å². The minimum Gasteiger partial charge on any atom is -0.478 e. The number of benzene rings is 1. The van der Waals surface area contributed by atoms with Crippen LogP contribution < -0.4 is 4.90 Å². The van der Waals surface area contributed by atoms with Gasteiger partial charge in [0.25, 0.3) is 0 Å². The molecule has 1 rings (SSSR count). The largest absolute Gasteiger partial charge is 0.478 e. The zero-order chi connectivity index (χ0) is 12.1. The van der Waals surface area contributed by atoms with Gasteiger partial charge in [0.1, 0.15) is 0 Å². The molecule has 0 bridgehead atoms. The van der Waals surface area contributed by atoms with Gasteiger partial charge in [-0.15, -0.1) is 6.42 Å². The van der Waals surface area contributed by atoms with Crippen LogP contribution in [0.1, 0.15) is 24.2 Å². The lowest BCUT2D eigenvalue weighted by molar-refractivity contribution is 0.0697. The van der Waals surface area contributed by atoms with Crippen molar-refractivity contribution in [2.75, 3.05) is 11.4 Å². The summed E-state index contributed by atoms with van der Waals surface area (Å²) in [5.41, 5.74) is 0.953. The van der Waals surface area contributed by atoms with Gasteiger partial charge in [-0.3, -0.25) is 0 Å². The highest BCUT2D eigenvalue weighted by molar-refractivity contribution is 5.94. The number of terminal acetylenes is 1. The van der Waals surface area contributed by atoms with Crippen molar-refractivity contribution in [3.63, 3.8) is 0 Å². The number of rotatable bonds is 4.